The maximum absolute atomic E-state index is 10.1. The fraction of sp³-hybridized carbons (Fsp3) is 0.385. The van der Waals surface area contributed by atoms with Crippen molar-refractivity contribution in [3.8, 4) is 0 Å². The molecular formula is C13H14O. The molecule has 1 N–H and O–H groups in total. The van der Waals surface area contributed by atoms with Gasteiger partial charge in [-0.1, -0.05) is 36.4 Å². The van der Waals surface area contributed by atoms with E-state index in [1.807, 2.05) is 0 Å². The summed E-state index contributed by atoms with van der Waals surface area (Å²) < 4.78 is 0. The molecule has 2 aliphatic rings. The number of allylic oxidation sites excluding steroid dienone is 1. The lowest BCUT2D eigenvalue weighted by Crippen LogP contribution is -2.35. The van der Waals surface area contributed by atoms with E-state index in [1.165, 1.54) is 11.1 Å². The van der Waals surface area contributed by atoms with E-state index in [-0.39, 0.29) is 12.0 Å². The molecule has 0 heterocycles. The van der Waals surface area contributed by atoms with Gasteiger partial charge in [-0.05, 0) is 29.9 Å². The maximum Gasteiger partial charge on any atom is 0.0677 e. The summed E-state index contributed by atoms with van der Waals surface area (Å²) in [5.74, 6) is 0.693. The lowest BCUT2D eigenvalue weighted by molar-refractivity contribution is 0.0802. The van der Waals surface area contributed by atoms with E-state index in [9.17, 15) is 5.11 Å². The first-order valence-electron chi connectivity index (χ1n) is 5.29. The second kappa shape index (κ2) is 2.96. The van der Waals surface area contributed by atoms with Crippen LogP contribution in [0.5, 0.6) is 0 Å². The van der Waals surface area contributed by atoms with Gasteiger partial charge >= 0.3 is 0 Å². The monoisotopic (exact) mass is 186 g/mol. The predicted octanol–water partition coefficient (Wildman–Crippen LogP) is 2.26. The fourth-order valence-electron chi connectivity index (χ4n) is 2.77. The number of aliphatic hydroxyl groups excluding tert-OH is 1. The minimum absolute atomic E-state index is 0.158. The van der Waals surface area contributed by atoms with Gasteiger partial charge in [0.25, 0.3) is 0 Å². The van der Waals surface area contributed by atoms with E-state index in [2.05, 4.69) is 36.4 Å². The third-order valence-corrected chi connectivity index (χ3v) is 3.53. The molecule has 0 saturated heterocycles. The van der Waals surface area contributed by atoms with Crippen LogP contribution in [0, 0.1) is 5.92 Å². The average molecular weight is 186 g/mol. The van der Waals surface area contributed by atoms with E-state index < -0.39 is 0 Å². The molecule has 72 valence electrons. The molecule has 2 bridgehead atoms. The number of hydrogen-bond donors (Lipinski definition) is 1. The zero-order valence-corrected chi connectivity index (χ0v) is 8.06. The van der Waals surface area contributed by atoms with Gasteiger partial charge in [0.05, 0.1) is 6.10 Å². The molecule has 1 nitrogen and oxygen atoms in total. The highest BCUT2D eigenvalue weighted by atomic mass is 16.3. The molecule has 0 aromatic heterocycles. The van der Waals surface area contributed by atoms with Crippen LogP contribution in [0.3, 0.4) is 0 Å². The van der Waals surface area contributed by atoms with Crippen LogP contribution in [-0.2, 0) is 6.42 Å². The van der Waals surface area contributed by atoms with Crippen LogP contribution >= 0.6 is 0 Å². The number of benzene rings is 1. The summed E-state index contributed by atoms with van der Waals surface area (Å²) in [4.78, 5) is 0. The van der Waals surface area contributed by atoms with E-state index in [1.54, 1.807) is 0 Å². The van der Waals surface area contributed by atoms with Gasteiger partial charge in [0.15, 0.2) is 0 Å². The average Bonchev–Trinajstić information content (AvgIpc) is 2.18. The molecule has 0 radical (unpaired) electrons. The molecule has 3 atom stereocenters. The van der Waals surface area contributed by atoms with Crippen LogP contribution in [0.4, 0.5) is 0 Å². The molecule has 0 amide bonds. The van der Waals surface area contributed by atoms with E-state index in [0.29, 0.717) is 5.92 Å². The molecule has 1 aromatic rings. The minimum Gasteiger partial charge on any atom is -0.392 e. The molecule has 1 heteroatoms. The quantitative estimate of drug-likeness (QED) is 0.616. The van der Waals surface area contributed by atoms with E-state index >= 15 is 0 Å². The van der Waals surface area contributed by atoms with Crippen LogP contribution < -0.4 is 0 Å². The summed E-state index contributed by atoms with van der Waals surface area (Å²) in [7, 11) is 0. The highest BCUT2D eigenvalue weighted by Crippen LogP contribution is 2.40. The first-order chi connectivity index (χ1) is 6.86. The molecule has 0 saturated carbocycles. The standard InChI is InChI=1S/C13H14O/c14-13-10-5-3-7-12(13)11-6-2-1-4-9(11)8-10/h1-4,6-7,10,12-14H,5,8H2/t10-,12+,13?/m1/s1. The van der Waals surface area contributed by atoms with Crippen molar-refractivity contribution in [2.45, 2.75) is 24.9 Å². The number of fused-ring (bicyclic) bond motifs is 4. The molecule has 1 aromatic carbocycles. The molecule has 0 aliphatic heterocycles. The summed E-state index contributed by atoms with van der Waals surface area (Å²) in [6.07, 6.45) is 6.30. The highest BCUT2D eigenvalue weighted by molar-refractivity contribution is 5.38. The molecule has 14 heavy (non-hydrogen) atoms. The van der Waals surface area contributed by atoms with Gasteiger partial charge in [0.2, 0.25) is 0 Å². The van der Waals surface area contributed by atoms with Gasteiger partial charge in [-0.25, -0.2) is 0 Å². The summed E-state index contributed by atoms with van der Waals surface area (Å²) in [5, 5.41) is 10.1. The lowest BCUT2D eigenvalue weighted by Gasteiger charge is -2.37. The van der Waals surface area contributed by atoms with Crippen molar-refractivity contribution in [3.05, 3.63) is 47.5 Å². The number of aliphatic hydroxyl groups is 1. The van der Waals surface area contributed by atoms with Crippen LogP contribution in [0.1, 0.15) is 23.5 Å². The third kappa shape index (κ3) is 1.05. The van der Waals surface area contributed by atoms with E-state index in [4.69, 9.17) is 0 Å². The lowest BCUT2D eigenvalue weighted by atomic mass is 9.70. The summed E-state index contributed by atoms with van der Waals surface area (Å²) in [6, 6.07) is 8.50. The number of rotatable bonds is 0. The Kier molecular flexibility index (Phi) is 1.74. The summed E-state index contributed by atoms with van der Waals surface area (Å²) >= 11 is 0. The Morgan fingerprint density at radius 2 is 2.07 bits per heavy atom. The Hall–Kier alpha value is -1.08. The van der Waals surface area contributed by atoms with Gasteiger partial charge in [0.1, 0.15) is 0 Å². The van der Waals surface area contributed by atoms with Crippen LogP contribution in [0.2, 0.25) is 0 Å². The van der Waals surface area contributed by atoms with Crippen molar-refractivity contribution < 1.29 is 5.11 Å². The van der Waals surface area contributed by atoms with Crippen LogP contribution in [-0.4, -0.2) is 11.2 Å². The molecular weight excluding hydrogens is 172 g/mol. The van der Waals surface area contributed by atoms with Crippen LogP contribution in [0.15, 0.2) is 36.4 Å². The zero-order valence-electron chi connectivity index (χ0n) is 8.06. The summed E-state index contributed by atoms with van der Waals surface area (Å²) in [5.41, 5.74) is 2.75. The fourth-order valence-corrected chi connectivity index (χ4v) is 2.77. The predicted molar refractivity (Wildman–Crippen MR) is 56.1 cm³/mol. The summed E-state index contributed by atoms with van der Waals surface area (Å²) in [6.45, 7) is 0. The molecule has 2 aliphatic carbocycles. The van der Waals surface area contributed by atoms with Crippen molar-refractivity contribution in [3.63, 3.8) is 0 Å². The van der Waals surface area contributed by atoms with Crippen molar-refractivity contribution in [1.29, 1.82) is 0 Å². The maximum atomic E-state index is 10.1. The second-order valence-corrected chi connectivity index (χ2v) is 4.34. The Labute approximate surface area is 84.1 Å². The van der Waals surface area contributed by atoms with Gasteiger partial charge in [-0.3, -0.25) is 0 Å². The van der Waals surface area contributed by atoms with Crippen molar-refractivity contribution in [2.24, 2.45) is 5.92 Å². The van der Waals surface area contributed by atoms with Crippen LogP contribution in [0.25, 0.3) is 0 Å². The van der Waals surface area contributed by atoms with E-state index in [0.717, 1.165) is 12.8 Å². The molecule has 1 unspecified atom stereocenters. The van der Waals surface area contributed by atoms with Crippen molar-refractivity contribution >= 4 is 0 Å². The molecule has 3 rings (SSSR count). The third-order valence-electron chi connectivity index (χ3n) is 3.53. The SMILES string of the molecule is OC1[C@@H]2CC=C[C@H]1c1ccccc1C2. The Bertz CT molecular complexity index is 381. The highest BCUT2D eigenvalue weighted by Gasteiger charge is 2.35. The Morgan fingerprint density at radius 1 is 1.21 bits per heavy atom. The second-order valence-electron chi connectivity index (χ2n) is 4.34. The largest absolute Gasteiger partial charge is 0.392 e. The zero-order chi connectivity index (χ0) is 9.54. The first kappa shape index (κ1) is 8.25. The Morgan fingerprint density at radius 3 is 3.00 bits per heavy atom. The van der Waals surface area contributed by atoms with Crippen molar-refractivity contribution in [2.75, 3.05) is 0 Å². The normalized spacial score (nSPS) is 33.9. The topological polar surface area (TPSA) is 20.2 Å². The molecule has 0 fully saturated rings. The van der Waals surface area contributed by atoms with Gasteiger partial charge in [-0.15, -0.1) is 0 Å². The van der Waals surface area contributed by atoms with Crippen molar-refractivity contribution in [1.82, 2.24) is 0 Å². The minimum atomic E-state index is -0.158. The van der Waals surface area contributed by atoms with Gasteiger partial charge < -0.3 is 5.11 Å². The Balaban J connectivity index is 2.14. The number of hydrogen-bond acceptors (Lipinski definition) is 1. The first-order valence-corrected chi connectivity index (χ1v) is 5.29. The van der Waals surface area contributed by atoms with Gasteiger partial charge in [0, 0.05) is 5.92 Å². The van der Waals surface area contributed by atoms with Gasteiger partial charge in [-0.2, -0.15) is 0 Å². The molecule has 0 spiro atoms. The smallest absolute Gasteiger partial charge is 0.0677 e.